The van der Waals surface area contributed by atoms with Gasteiger partial charge in [-0.05, 0) is 48.6 Å². The first kappa shape index (κ1) is 23.0. The summed E-state index contributed by atoms with van der Waals surface area (Å²) in [5.74, 6) is -1.33. The van der Waals surface area contributed by atoms with E-state index in [2.05, 4.69) is 5.32 Å². The summed E-state index contributed by atoms with van der Waals surface area (Å²) in [6, 6.07) is 14.7. The number of rotatable bonds is 7. The quantitative estimate of drug-likeness (QED) is 0.493. The number of aromatic hydroxyl groups is 1. The van der Waals surface area contributed by atoms with Gasteiger partial charge in [-0.25, -0.2) is 4.39 Å². The number of carbonyl (C=O) groups excluding carboxylic acids is 2. The van der Waals surface area contributed by atoms with Crippen molar-refractivity contribution in [2.24, 2.45) is 0 Å². The Labute approximate surface area is 196 Å². The van der Waals surface area contributed by atoms with Gasteiger partial charge in [0.1, 0.15) is 17.6 Å². The number of halogens is 1. The van der Waals surface area contributed by atoms with Crippen molar-refractivity contribution in [3.8, 4) is 5.75 Å². The number of phenols is 1. The molecule has 7 heteroatoms. The molecule has 172 valence electrons. The first-order valence-electron chi connectivity index (χ1n) is 11.2. The molecule has 1 atom stereocenters. The van der Waals surface area contributed by atoms with E-state index in [0.29, 0.717) is 5.56 Å². The first-order chi connectivity index (χ1) is 16.0. The third-order valence-corrected chi connectivity index (χ3v) is 6.83. The minimum atomic E-state index is -1.14. The van der Waals surface area contributed by atoms with Gasteiger partial charge in [-0.15, -0.1) is 11.3 Å². The van der Waals surface area contributed by atoms with Gasteiger partial charge in [0.25, 0.3) is 0 Å². The van der Waals surface area contributed by atoms with Crippen molar-refractivity contribution in [3.63, 3.8) is 0 Å². The topological polar surface area (TPSA) is 69.6 Å². The zero-order valence-corrected chi connectivity index (χ0v) is 19.1. The molecule has 1 heterocycles. The molecular formula is C26H27FN2O3S. The molecule has 5 nitrogen and oxygen atoms in total. The number of hydrogen-bond donors (Lipinski definition) is 2. The van der Waals surface area contributed by atoms with Crippen LogP contribution >= 0.6 is 11.3 Å². The Kier molecular flexibility index (Phi) is 7.40. The number of carbonyl (C=O) groups is 2. The summed E-state index contributed by atoms with van der Waals surface area (Å²) in [5, 5.41) is 15.6. The Morgan fingerprint density at radius 2 is 1.85 bits per heavy atom. The number of para-hydroxylation sites is 1. The van der Waals surface area contributed by atoms with Crippen molar-refractivity contribution >= 4 is 28.8 Å². The maximum absolute atomic E-state index is 14.2. The van der Waals surface area contributed by atoms with Crippen LogP contribution in [-0.2, 0) is 16.0 Å². The second kappa shape index (κ2) is 10.6. The van der Waals surface area contributed by atoms with Crippen LogP contribution in [0.4, 0.5) is 10.1 Å². The maximum atomic E-state index is 14.2. The molecule has 1 aliphatic carbocycles. The van der Waals surface area contributed by atoms with Gasteiger partial charge >= 0.3 is 0 Å². The fourth-order valence-electron chi connectivity index (χ4n) is 4.35. The second-order valence-electron chi connectivity index (χ2n) is 8.30. The van der Waals surface area contributed by atoms with Crippen molar-refractivity contribution < 1.29 is 19.1 Å². The highest BCUT2D eigenvalue weighted by atomic mass is 32.1. The Hall–Kier alpha value is -3.19. The number of benzene rings is 2. The van der Waals surface area contributed by atoms with Crippen molar-refractivity contribution in [2.75, 3.05) is 4.90 Å². The van der Waals surface area contributed by atoms with E-state index < -0.39 is 11.9 Å². The van der Waals surface area contributed by atoms with Crippen LogP contribution in [0.2, 0.25) is 0 Å². The lowest BCUT2D eigenvalue weighted by Crippen LogP contribution is -2.47. The zero-order chi connectivity index (χ0) is 23.2. The van der Waals surface area contributed by atoms with Gasteiger partial charge in [0, 0.05) is 22.2 Å². The Morgan fingerprint density at radius 3 is 2.55 bits per heavy atom. The van der Waals surface area contributed by atoms with Crippen LogP contribution in [0.1, 0.15) is 48.6 Å². The summed E-state index contributed by atoms with van der Waals surface area (Å²) in [6.45, 7) is 0. The summed E-state index contributed by atoms with van der Waals surface area (Å²) in [4.78, 5) is 29.4. The molecule has 0 spiro atoms. The summed E-state index contributed by atoms with van der Waals surface area (Å²) < 4.78 is 14.2. The largest absolute Gasteiger partial charge is 0.508 e. The molecule has 1 fully saturated rings. The summed E-state index contributed by atoms with van der Waals surface area (Å²) in [5.41, 5.74) is 0.568. The smallest absolute Gasteiger partial charge is 0.248 e. The van der Waals surface area contributed by atoms with Crippen molar-refractivity contribution in [1.82, 2.24) is 5.32 Å². The van der Waals surface area contributed by atoms with Gasteiger partial charge < -0.3 is 10.4 Å². The molecule has 0 aliphatic heterocycles. The molecule has 1 aliphatic rings. The molecular weight excluding hydrogens is 439 g/mol. The van der Waals surface area contributed by atoms with Gasteiger partial charge in [0.2, 0.25) is 11.8 Å². The normalized spacial score (nSPS) is 15.1. The van der Waals surface area contributed by atoms with E-state index in [-0.39, 0.29) is 35.7 Å². The molecule has 33 heavy (non-hydrogen) atoms. The average molecular weight is 467 g/mol. The monoisotopic (exact) mass is 466 g/mol. The zero-order valence-electron chi connectivity index (χ0n) is 18.2. The summed E-state index contributed by atoms with van der Waals surface area (Å²) >= 11 is 1.44. The molecule has 1 unspecified atom stereocenters. The lowest BCUT2D eigenvalue weighted by molar-refractivity contribution is -0.127. The van der Waals surface area contributed by atoms with Crippen LogP contribution in [0.25, 0.3) is 0 Å². The minimum Gasteiger partial charge on any atom is -0.508 e. The molecule has 1 aromatic heterocycles. The van der Waals surface area contributed by atoms with Crippen LogP contribution in [-0.4, -0.2) is 23.0 Å². The number of anilines is 1. The Balaban J connectivity index is 1.76. The molecule has 1 saturated carbocycles. The lowest BCUT2D eigenvalue weighted by Gasteiger charge is -2.33. The van der Waals surface area contributed by atoms with E-state index in [1.54, 1.807) is 24.3 Å². The highest BCUT2D eigenvalue weighted by molar-refractivity contribution is 7.10. The summed E-state index contributed by atoms with van der Waals surface area (Å²) in [6.07, 6.45) is 5.04. The molecule has 3 aromatic rings. The van der Waals surface area contributed by atoms with E-state index in [4.69, 9.17) is 0 Å². The lowest BCUT2D eigenvalue weighted by atomic mass is 9.94. The van der Waals surface area contributed by atoms with Crippen LogP contribution in [0.5, 0.6) is 5.75 Å². The fourth-order valence-corrected chi connectivity index (χ4v) is 5.05. The van der Waals surface area contributed by atoms with E-state index >= 15 is 0 Å². The number of phenolic OH excluding ortho intramolecular Hbond substituents is 1. The molecule has 0 saturated heterocycles. The number of nitrogens with zero attached hydrogens (tertiary/aromatic N) is 1. The van der Waals surface area contributed by atoms with Gasteiger partial charge in [0.05, 0.1) is 6.42 Å². The van der Waals surface area contributed by atoms with Crippen LogP contribution < -0.4 is 10.2 Å². The Bertz CT molecular complexity index is 1100. The van der Waals surface area contributed by atoms with Crippen molar-refractivity contribution in [1.29, 1.82) is 0 Å². The molecule has 2 aromatic carbocycles. The molecule has 0 bridgehead atoms. The first-order valence-corrected chi connectivity index (χ1v) is 12.1. The SMILES string of the molecule is O=C(NC1CCCCC1)C(c1ccccc1O)N(C(=O)Cc1cccs1)c1cccc(F)c1. The third kappa shape index (κ3) is 5.60. The average Bonchev–Trinajstić information content (AvgIpc) is 3.31. The number of thiophene rings is 1. The predicted octanol–water partition coefficient (Wildman–Crippen LogP) is 5.36. The van der Waals surface area contributed by atoms with Crippen molar-refractivity contribution in [2.45, 2.75) is 50.6 Å². The standard InChI is InChI=1S/C26H27FN2O3S/c27-18-8-6-11-20(16-18)29(24(31)17-21-12-7-15-33-21)25(22-13-4-5-14-23(22)30)26(32)28-19-9-2-1-3-10-19/h4-8,11-16,19,25,30H,1-3,9-10,17H2,(H,28,32). The van der Waals surface area contributed by atoms with E-state index in [1.165, 1.54) is 40.5 Å². The van der Waals surface area contributed by atoms with E-state index in [0.717, 1.165) is 37.0 Å². The molecule has 2 amide bonds. The highest BCUT2D eigenvalue weighted by Gasteiger charge is 2.35. The minimum absolute atomic E-state index is 0.0152. The second-order valence-corrected chi connectivity index (χ2v) is 9.34. The predicted molar refractivity (Wildman–Crippen MR) is 128 cm³/mol. The van der Waals surface area contributed by atoms with Gasteiger partial charge in [-0.1, -0.05) is 49.6 Å². The summed E-state index contributed by atoms with van der Waals surface area (Å²) in [7, 11) is 0. The van der Waals surface area contributed by atoms with Gasteiger partial charge in [-0.3, -0.25) is 14.5 Å². The van der Waals surface area contributed by atoms with Gasteiger partial charge in [0.15, 0.2) is 0 Å². The highest BCUT2D eigenvalue weighted by Crippen LogP contribution is 2.34. The van der Waals surface area contributed by atoms with Gasteiger partial charge in [-0.2, -0.15) is 0 Å². The van der Waals surface area contributed by atoms with E-state index in [9.17, 15) is 19.1 Å². The van der Waals surface area contributed by atoms with Crippen molar-refractivity contribution in [3.05, 3.63) is 82.3 Å². The molecule has 0 radical (unpaired) electrons. The molecule has 4 rings (SSSR count). The van der Waals surface area contributed by atoms with Crippen LogP contribution in [0.15, 0.2) is 66.0 Å². The third-order valence-electron chi connectivity index (χ3n) is 5.95. The molecule has 2 N–H and O–H groups in total. The maximum Gasteiger partial charge on any atom is 0.248 e. The van der Waals surface area contributed by atoms with Crippen LogP contribution in [0.3, 0.4) is 0 Å². The number of amides is 2. The Morgan fingerprint density at radius 1 is 1.06 bits per heavy atom. The van der Waals surface area contributed by atoms with Crippen LogP contribution in [0, 0.1) is 5.82 Å². The number of hydrogen-bond acceptors (Lipinski definition) is 4. The number of nitrogens with one attached hydrogen (secondary N) is 1. The van der Waals surface area contributed by atoms with E-state index in [1.807, 2.05) is 17.5 Å². The fraction of sp³-hybridized carbons (Fsp3) is 0.308.